The van der Waals surface area contributed by atoms with E-state index in [0.29, 0.717) is 18.2 Å². The third kappa shape index (κ3) is 2.66. The first-order valence-electron chi connectivity index (χ1n) is 5.08. The van der Waals surface area contributed by atoms with Crippen molar-refractivity contribution >= 4 is 0 Å². The van der Waals surface area contributed by atoms with E-state index in [-0.39, 0.29) is 6.61 Å². The lowest BCUT2D eigenvalue weighted by Crippen LogP contribution is -2.50. The molecule has 13 heavy (non-hydrogen) atoms. The Hall–Kier alpha value is -0.120. The molecule has 0 aliphatic carbocycles. The van der Waals surface area contributed by atoms with Gasteiger partial charge in [0.2, 0.25) is 0 Å². The normalized spacial score (nSPS) is 31.2. The van der Waals surface area contributed by atoms with E-state index in [0.717, 1.165) is 19.4 Å². The summed E-state index contributed by atoms with van der Waals surface area (Å²) in [6, 6.07) is 0.835. The van der Waals surface area contributed by atoms with Gasteiger partial charge in [0, 0.05) is 25.7 Å². The maximum Gasteiger partial charge on any atom is 0.0699 e. The van der Waals surface area contributed by atoms with Crippen molar-refractivity contribution in [3.8, 4) is 0 Å². The summed E-state index contributed by atoms with van der Waals surface area (Å²) >= 11 is 0. The predicted octanol–water partition coefficient (Wildman–Crippen LogP) is 0.866. The molecule has 0 radical (unpaired) electrons. The highest BCUT2D eigenvalue weighted by Crippen LogP contribution is 2.20. The van der Waals surface area contributed by atoms with Crippen LogP contribution in [0.5, 0.6) is 0 Å². The average molecular weight is 187 g/mol. The Morgan fingerprint density at radius 2 is 2.15 bits per heavy atom. The van der Waals surface area contributed by atoms with Gasteiger partial charge in [-0.1, -0.05) is 0 Å². The maximum absolute atomic E-state index is 9.19. The SMILES string of the molecule is CO[C@@H]1CC[C@@H](CO)N(C(C)C)C1. The Bertz CT molecular complexity index is 150. The minimum Gasteiger partial charge on any atom is -0.395 e. The van der Waals surface area contributed by atoms with Gasteiger partial charge in [0.15, 0.2) is 0 Å². The molecule has 0 spiro atoms. The molecule has 0 aromatic heterocycles. The van der Waals surface area contributed by atoms with Crippen molar-refractivity contribution < 1.29 is 9.84 Å². The van der Waals surface area contributed by atoms with Crippen molar-refractivity contribution in [1.29, 1.82) is 0 Å². The van der Waals surface area contributed by atoms with Gasteiger partial charge in [-0.25, -0.2) is 0 Å². The summed E-state index contributed by atoms with van der Waals surface area (Å²) in [4.78, 5) is 2.33. The van der Waals surface area contributed by atoms with Crippen molar-refractivity contribution in [1.82, 2.24) is 4.90 Å². The van der Waals surface area contributed by atoms with E-state index < -0.39 is 0 Å². The predicted molar refractivity (Wildman–Crippen MR) is 52.7 cm³/mol. The Labute approximate surface area is 80.7 Å². The number of piperidine rings is 1. The highest BCUT2D eigenvalue weighted by molar-refractivity contribution is 4.83. The number of nitrogens with zero attached hydrogens (tertiary/aromatic N) is 1. The zero-order valence-electron chi connectivity index (χ0n) is 8.86. The highest BCUT2D eigenvalue weighted by Gasteiger charge is 2.28. The molecule has 0 unspecified atom stereocenters. The lowest BCUT2D eigenvalue weighted by Gasteiger charge is -2.40. The fraction of sp³-hybridized carbons (Fsp3) is 1.00. The van der Waals surface area contributed by atoms with Crippen LogP contribution in [0.25, 0.3) is 0 Å². The summed E-state index contributed by atoms with van der Waals surface area (Å²) < 4.78 is 5.34. The second kappa shape index (κ2) is 4.94. The van der Waals surface area contributed by atoms with Gasteiger partial charge < -0.3 is 9.84 Å². The molecule has 1 fully saturated rings. The van der Waals surface area contributed by atoms with E-state index in [1.165, 1.54) is 0 Å². The van der Waals surface area contributed by atoms with E-state index in [1.54, 1.807) is 7.11 Å². The quantitative estimate of drug-likeness (QED) is 0.711. The number of ether oxygens (including phenoxy) is 1. The van der Waals surface area contributed by atoms with Gasteiger partial charge in [-0.15, -0.1) is 0 Å². The fourth-order valence-corrected chi connectivity index (χ4v) is 2.04. The van der Waals surface area contributed by atoms with Crippen LogP contribution < -0.4 is 0 Å². The Balaban J connectivity index is 2.52. The van der Waals surface area contributed by atoms with Crippen molar-refractivity contribution in [2.75, 3.05) is 20.3 Å². The molecule has 1 N–H and O–H groups in total. The first-order valence-corrected chi connectivity index (χ1v) is 5.08. The lowest BCUT2D eigenvalue weighted by molar-refractivity contribution is -0.0229. The third-order valence-electron chi connectivity index (χ3n) is 2.91. The maximum atomic E-state index is 9.19. The lowest BCUT2D eigenvalue weighted by atomic mass is 9.99. The van der Waals surface area contributed by atoms with Crippen molar-refractivity contribution in [3.63, 3.8) is 0 Å². The van der Waals surface area contributed by atoms with E-state index in [4.69, 9.17) is 4.74 Å². The number of rotatable bonds is 3. The second-order valence-electron chi connectivity index (χ2n) is 4.06. The zero-order chi connectivity index (χ0) is 9.84. The van der Waals surface area contributed by atoms with E-state index in [2.05, 4.69) is 18.7 Å². The molecule has 78 valence electrons. The van der Waals surface area contributed by atoms with Gasteiger partial charge in [0.05, 0.1) is 12.7 Å². The van der Waals surface area contributed by atoms with Gasteiger partial charge in [0.1, 0.15) is 0 Å². The Kier molecular flexibility index (Phi) is 4.16. The monoisotopic (exact) mass is 187 g/mol. The van der Waals surface area contributed by atoms with Crippen LogP contribution in [0.2, 0.25) is 0 Å². The van der Waals surface area contributed by atoms with Gasteiger partial charge in [-0.3, -0.25) is 4.90 Å². The number of hydrogen-bond acceptors (Lipinski definition) is 3. The first kappa shape index (κ1) is 11.0. The molecule has 0 amide bonds. The number of methoxy groups -OCH3 is 1. The van der Waals surface area contributed by atoms with Crippen LogP contribution >= 0.6 is 0 Å². The van der Waals surface area contributed by atoms with Gasteiger partial charge in [0.25, 0.3) is 0 Å². The fourth-order valence-electron chi connectivity index (χ4n) is 2.04. The standard InChI is InChI=1S/C10H21NO2/c1-8(2)11-6-10(13-3)5-4-9(11)7-12/h8-10,12H,4-7H2,1-3H3/t9-,10+/m0/s1. The van der Waals surface area contributed by atoms with Gasteiger partial charge >= 0.3 is 0 Å². The van der Waals surface area contributed by atoms with Gasteiger partial charge in [-0.2, -0.15) is 0 Å². The molecule has 0 bridgehead atoms. The third-order valence-corrected chi connectivity index (χ3v) is 2.91. The second-order valence-corrected chi connectivity index (χ2v) is 4.06. The first-order chi connectivity index (χ1) is 6.19. The summed E-state index contributed by atoms with van der Waals surface area (Å²) in [5, 5.41) is 9.19. The largest absolute Gasteiger partial charge is 0.395 e. The van der Waals surface area contributed by atoms with Crippen LogP contribution in [0.4, 0.5) is 0 Å². The summed E-state index contributed by atoms with van der Waals surface area (Å²) in [6.07, 6.45) is 2.48. The summed E-state index contributed by atoms with van der Waals surface area (Å²) in [7, 11) is 1.77. The van der Waals surface area contributed by atoms with Crippen LogP contribution in [0.15, 0.2) is 0 Å². The number of hydrogen-bond donors (Lipinski definition) is 1. The van der Waals surface area contributed by atoms with Crippen LogP contribution in [-0.4, -0.2) is 48.5 Å². The average Bonchev–Trinajstić information content (AvgIpc) is 2.16. The van der Waals surface area contributed by atoms with E-state index >= 15 is 0 Å². The summed E-state index contributed by atoms with van der Waals surface area (Å²) in [5.74, 6) is 0. The van der Waals surface area contributed by atoms with Crippen LogP contribution in [0.3, 0.4) is 0 Å². The minimum absolute atomic E-state index is 0.272. The Morgan fingerprint density at radius 1 is 1.46 bits per heavy atom. The molecule has 0 aromatic rings. The van der Waals surface area contributed by atoms with Crippen LogP contribution in [0.1, 0.15) is 26.7 Å². The molecule has 1 aliphatic rings. The zero-order valence-corrected chi connectivity index (χ0v) is 8.86. The topological polar surface area (TPSA) is 32.7 Å². The summed E-state index contributed by atoms with van der Waals surface area (Å²) in [6.45, 7) is 5.56. The summed E-state index contributed by atoms with van der Waals surface area (Å²) in [5.41, 5.74) is 0. The smallest absolute Gasteiger partial charge is 0.0699 e. The van der Waals surface area contributed by atoms with Gasteiger partial charge in [-0.05, 0) is 26.7 Å². The van der Waals surface area contributed by atoms with Crippen molar-refractivity contribution in [2.45, 2.75) is 44.9 Å². The molecule has 3 heteroatoms. The van der Waals surface area contributed by atoms with Crippen LogP contribution in [0, 0.1) is 0 Å². The number of aliphatic hydroxyl groups is 1. The molecule has 1 heterocycles. The Morgan fingerprint density at radius 3 is 2.62 bits per heavy atom. The van der Waals surface area contributed by atoms with Crippen molar-refractivity contribution in [3.05, 3.63) is 0 Å². The van der Waals surface area contributed by atoms with Crippen LogP contribution in [-0.2, 0) is 4.74 Å². The van der Waals surface area contributed by atoms with E-state index in [1.807, 2.05) is 0 Å². The number of aliphatic hydroxyl groups excluding tert-OH is 1. The minimum atomic E-state index is 0.272. The molecular formula is C10H21NO2. The molecule has 1 saturated heterocycles. The van der Waals surface area contributed by atoms with E-state index in [9.17, 15) is 5.11 Å². The molecule has 1 aliphatic heterocycles. The molecule has 1 rings (SSSR count). The molecule has 2 atom stereocenters. The molecule has 0 aromatic carbocycles. The number of likely N-dealkylation sites (tertiary alicyclic amines) is 1. The molecule has 3 nitrogen and oxygen atoms in total. The molecule has 0 saturated carbocycles. The highest BCUT2D eigenvalue weighted by atomic mass is 16.5. The molecular weight excluding hydrogens is 166 g/mol. The van der Waals surface area contributed by atoms with Crippen molar-refractivity contribution in [2.24, 2.45) is 0 Å².